The number of alkyl halides is 3. The topological polar surface area (TPSA) is 149 Å². The van der Waals surface area contributed by atoms with Crippen molar-refractivity contribution in [1.82, 2.24) is 35.1 Å². The average Bonchev–Trinajstić information content (AvgIpc) is 3.57. The molecule has 0 radical (unpaired) electrons. The molecule has 2 aromatic carbocycles. The number of anilines is 4. The predicted molar refractivity (Wildman–Crippen MR) is 226 cm³/mol. The first-order chi connectivity index (χ1) is 30.0. The lowest BCUT2D eigenvalue weighted by molar-refractivity contribution is -0.120. The minimum atomic E-state index is -2.60. The zero-order valence-corrected chi connectivity index (χ0v) is 34.5. The molecule has 6 heterocycles. The predicted octanol–water partition coefficient (Wildman–Crippen LogP) is 7.10. The maximum atomic E-state index is 14.8. The number of imidazole rings is 1. The van der Waals surface area contributed by atoms with Gasteiger partial charge in [-0.15, -0.1) is 5.10 Å². The van der Waals surface area contributed by atoms with Crippen LogP contribution < -0.4 is 30.5 Å². The van der Waals surface area contributed by atoms with Crippen molar-refractivity contribution in [3.63, 3.8) is 0 Å². The van der Waals surface area contributed by atoms with E-state index in [9.17, 15) is 27.6 Å². The van der Waals surface area contributed by atoms with Crippen molar-refractivity contribution >= 4 is 58.0 Å². The van der Waals surface area contributed by atoms with Crippen molar-refractivity contribution in [2.75, 3.05) is 48.3 Å². The Hall–Kier alpha value is -5.94. The van der Waals surface area contributed by atoms with Crippen molar-refractivity contribution in [3.8, 4) is 17.0 Å². The van der Waals surface area contributed by atoms with Crippen LogP contribution in [-0.4, -0.2) is 100 Å². The Morgan fingerprint density at radius 3 is 2.48 bits per heavy atom. The van der Waals surface area contributed by atoms with Crippen LogP contribution in [0.3, 0.4) is 0 Å². The maximum Gasteiger partial charge on any atom is 0.328 e. The summed E-state index contributed by atoms with van der Waals surface area (Å²) in [5.74, 6) is 0.405. The third kappa shape index (κ3) is 7.33. The van der Waals surface area contributed by atoms with Gasteiger partial charge in [0, 0.05) is 75.6 Å². The van der Waals surface area contributed by atoms with Crippen molar-refractivity contribution < 1.29 is 32.3 Å². The Balaban J connectivity index is 0.798. The van der Waals surface area contributed by atoms with Crippen molar-refractivity contribution in [2.45, 2.75) is 75.7 Å². The summed E-state index contributed by atoms with van der Waals surface area (Å²) in [4.78, 5) is 51.6. The number of nitrogens with zero attached hydrogens (tertiary/aromatic N) is 7. The fourth-order valence-corrected chi connectivity index (χ4v) is 9.78. The number of likely N-dealkylation sites (tertiary alicyclic amines) is 1. The Morgan fingerprint density at radius 1 is 0.984 bits per heavy atom. The van der Waals surface area contributed by atoms with E-state index in [0.717, 1.165) is 42.5 Å². The van der Waals surface area contributed by atoms with Gasteiger partial charge < -0.3 is 20.3 Å². The van der Waals surface area contributed by atoms with Crippen molar-refractivity contribution in [1.29, 1.82) is 0 Å². The number of benzene rings is 2. The van der Waals surface area contributed by atoms with Gasteiger partial charge in [0.1, 0.15) is 11.9 Å². The molecule has 1 unspecified atom stereocenters. The standard InChI is InChI=1S/C44H44ClF3N10O4/c1-49-33-19-37(54-58-36(21-51-41(33)58)42(60)52-32-18-30(32)46)56-15-11-28-27(3-2-4-34(28)56)31-8-5-24(20-50-31)39(40(47)48)55-22-44(23-55)13-9-25(10-14-44)62-26-6-7-29(45)35(17-26)57-16-12-38(59)53-43(57)61/h2-8,17,19-21,25,30,32,39-40,49H,9-16,18,22-23H2,1H3,(H,52,60)(H,53,59,61)/t30-,32+,39?/m0/s1. The first-order valence-electron chi connectivity index (χ1n) is 20.9. The molecule has 2 saturated heterocycles. The fourth-order valence-electron chi connectivity index (χ4n) is 9.56. The SMILES string of the molecule is CNc1cc(N2CCc3c(-c4ccc(C(C(F)F)N5CC6(CCC(Oc7ccc(Cl)c(N8CCC(=O)NC8=O)c7)CC6)C5)cn4)cccc32)nn2c(C(=O)N[C@@H]3C[C@@H]3F)cnc12. The molecule has 18 heteroatoms. The van der Waals surface area contributed by atoms with Gasteiger partial charge in [0.2, 0.25) is 5.91 Å². The lowest BCUT2D eigenvalue weighted by Crippen LogP contribution is -2.60. The molecule has 4 fully saturated rings. The number of urea groups is 1. The zero-order valence-electron chi connectivity index (χ0n) is 33.8. The lowest BCUT2D eigenvalue weighted by Gasteiger charge is -2.55. The van der Waals surface area contributed by atoms with E-state index in [2.05, 4.69) is 25.8 Å². The van der Waals surface area contributed by atoms with E-state index in [4.69, 9.17) is 26.4 Å². The molecule has 5 aliphatic rings. The van der Waals surface area contributed by atoms with Gasteiger partial charge in [-0.2, -0.15) is 0 Å². The van der Waals surface area contributed by atoms with E-state index in [1.165, 1.54) is 15.6 Å². The van der Waals surface area contributed by atoms with E-state index in [1.54, 1.807) is 37.5 Å². The number of pyridine rings is 1. The second kappa shape index (κ2) is 15.8. The smallest absolute Gasteiger partial charge is 0.328 e. The molecule has 10 rings (SSSR count). The van der Waals surface area contributed by atoms with E-state index in [0.29, 0.717) is 77.3 Å². The van der Waals surface area contributed by atoms with Gasteiger partial charge >= 0.3 is 6.03 Å². The van der Waals surface area contributed by atoms with Crippen LogP contribution >= 0.6 is 11.6 Å². The number of hydrogen-bond acceptors (Lipinski definition) is 10. The summed E-state index contributed by atoms with van der Waals surface area (Å²) in [5, 5.41) is 13.4. The van der Waals surface area contributed by atoms with Gasteiger partial charge in [-0.05, 0) is 72.9 Å². The van der Waals surface area contributed by atoms with Crippen LogP contribution in [0.4, 0.5) is 40.8 Å². The molecule has 1 spiro atoms. The van der Waals surface area contributed by atoms with Crippen molar-refractivity contribution in [2.24, 2.45) is 5.41 Å². The maximum absolute atomic E-state index is 14.8. The van der Waals surface area contributed by atoms with E-state index >= 15 is 0 Å². The molecule has 3 atom stereocenters. The summed E-state index contributed by atoms with van der Waals surface area (Å²) < 4.78 is 51.1. The molecule has 3 aliphatic heterocycles. The van der Waals surface area contributed by atoms with Crippen LogP contribution in [0, 0.1) is 5.41 Å². The van der Waals surface area contributed by atoms with Gasteiger partial charge in [-0.3, -0.25) is 29.7 Å². The van der Waals surface area contributed by atoms with E-state index < -0.39 is 36.6 Å². The minimum Gasteiger partial charge on any atom is -0.490 e. The van der Waals surface area contributed by atoms with Crippen LogP contribution in [0.15, 0.2) is 67.0 Å². The number of rotatable bonds is 11. The fraction of sp³-hybridized carbons (Fsp3) is 0.409. The van der Waals surface area contributed by atoms with Gasteiger partial charge in [0.15, 0.2) is 17.2 Å². The second-order valence-corrected chi connectivity index (χ2v) is 17.3. The molecule has 322 valence electrons. The van der Waals surface area contributed by atoms with Crippen LogP contribution in [0.5, 0.6) is 5.75 Å². The van der Waals surface area contributed by atoms with Crippen LogP contribution in [0.1, 0.15) is 66.2 Å². The molecule has 4 amide bonds. The Morgan fingerprint density at radius 2 is 1.77 bits per heavy atom. The van der Waals surface area contributed by atoms with Gasteiger partial charge in [-0.25, -0.2) is 27.5 Å². The zero-order chi connectivity index (χ0) is 42.9. The summed E-state index contributed by atoms with van der Waals surface area (Å²) in [6.45, 7) is 1.96. The Kier molecular flexibility index (Phi) is 10.2. The quantitative estimate of drug-likeness (QED) is 0.126. The molecule has 0 bridgehead atoms. The number of carbonyl (C=O) groups is 3. The number of ether oxygens (including phenoxy) is 1. The monoisotopic (exact) mass is 868 g/mol. The van der Waals surface area contributed by atoms with Crippen LogP contribution in [-0.2, 0) is 11.2 Å². The number of halogens is 4. The molecule has 14 nitrogen and oxygen atoms in total. The summed E-state index contributed by atoms with van der Waals surface area (Å²) in [7, 11) is 1.77. The van der Waals surface area contributed by atoms with Crippen molar-refractivity contribution in [3.05, 3.63) is 88.8 Å². The van der Waals surface area contributed by atoms with Crippen LogP contribution in [0.2, 0.25) is 5.02 Å². The summed E-state index contributed by atoms with van der Waals surface area (Å²) in [5.41, 5.74) is 5.79. The molecular weight excluding hydrogens is 825 g/mol. The molecule has 3 aromatic heterocycles. The highest BCUT2D eigenvalue weighted by atomic mass is 35.5. The summed E-state index contributed by atoms with van der Waals surface area (Å²) in [6.07, 6.45) is 3.69. The number of nitrogens with one attached hydrogen (secondary N) is 3. The third-order valence-corrected chi connectivity index (χ3v) is 13.3. The average molecular weight is 869 g/mol. The number of aromatic nitrogens is 4. The molecular formula is C44H44ClF3N10O4. The first-order valence-corrected chi connectivity index (χ1v) is 21.3. The van der Waals surface area contributed by atoms with Gasteiger partial charge in [0.25, 0.3) is 12.3 Å². The third-order valence-electron chi connectivity index (χ3n) is 13.0. The molecule has 62 heavy (non-hydrogen) atoms. The summed E-state index contributed by atoms with van der Waals surface area (Å²) >= 11 is 6.42. The number of amides is 4. The second-order valence-electron chi connectivity index (χ2n) is 16.9. The number of fused-ring (bicyclic) bond motifs is 2. The number of carbonyl (C=O) groups excluding carboxylic acids is 3. The number of hydrogen-bond donors (Lipinski definition) is 3. The van der Waals surface area contributed by atoms with E-state index in [1.807, 2.05) is 35.2 Å². The highest BCUT2D eigenvalue weighted by Crippen LogP contribution is 2.49. The van der Waals surface area contributed by atoms with E-state index in [-0.39, 0.29) is 36.1 Å². The first kappa shape index (κ1) is 40.2. The number of imide groups is 1. The summed E-state index contributed by atoms with van der Waals surface area (Å²) in [6, 6.07) is 14.5. The normalized spacial score (nSPS) is 21.5. The molecule has 2 saturated carbocycles. The Labute approximate surface area is 359 Å². The highest BCUT2D eigenvalue weighted by molar-refractivity contribution is 6.34. The lowest BCUT2D eigenvalue weighted by atomic mass is 9.67. The molecule has 2 aliphatic carbocycles. The van der Waals surface area contributed by atoms with Crippen LogP contribution in [0.25, 0.3) is 16.9 Å². The van der Waals surface area contributed by atoms with Gasteiger partial charge in [-0.1, -0.05) is 29.8 Å². The highest BCUT2D eigenvalue weighted by Gasteiger charge is 2.49. The molecule has 3 N–H and O–H groups in total. The van der Waals surface area contributed by atoms with Gasteiger partial charge in [0.05, 0.1) is 46.5 Å². The minimum absolute atomic E-state index is 0.0603. The Bertz CT molecular complexity index is 2580. The largest absolute Gasteiger partial charge is 0.490 e. The molecule has 5 aromatic rings.